The van der Waals surface area contributed by atoms with E-state index < -0.39 is 0 Å². The van der Waals surface area contributed by atoms with E-state index >= 15 is 0 Å². The topological polar surface area (TPSA) is 24.9 Å². The molecule has 2 rings (SSSR count). The maximum Gasteiger partial charge on any atom is 0.124 e. The van der Waals surface area contributed by atoms with Crippen LogP contribution in [0.2, 0.25) is 0 Å². The summed E-state index contributed by atoms with van der Waals surface area (Å²) in [6.45, 7) is 5.83. The Morgan fingerprint density at radius 2 is 2.24 bits per heavy atom. The van der Waals surface area contributed by atoms with Crippen molar-refractivity contribution in [2.24, 2.45) is 0 Å². The SMILES string of the molecule is CCNCc1sc(-c2cccc(F)c2)nc1C. The van der Waals surface area contributed by atoms with Crippen LogP contribution >= 0.6 is 11.3 Å². The molecule has 0 spiro atoms. The fraction of sp³-hybridized carbons (Fsp3) is 0.308. The Bertz CT molecular complexity index is 508. The second-order valence-electron chi connectivity index (χ2n) is 3.82. The predicted octanol–water partition coefficient (Wildman–Crippen LogP) is 3.37. The first-order valence-electron chi connectivity index (χ1n) is 5.63. The Kier molecular flexibility index (Phi) is 3.86. The molecular weight excluding hydrogens is 235 g/mol. The van der Waals surface area contributed by atoms with E-state index in [1.54, 1.807) is 17.4 Å². The van der Waals surface area contributed by atoms with E-state index in [4.69, 9.17) is 0 Å². The van der Waals surface area contributed by atoms with Gasteiger partial charge in [-0.1, -0.05) is 19.1 Å². The minimum Gasteiger partial charge on any atom is -0.312 e. The zero-order chi connectivity index (χ0) is 12.3. The molecule has 0 saturated heterocycles. The zero-order valence-electron chi connectivity index (χ0n) is 9.96. The van der Waals surface area contributed by atoms with Crippen LogP contribution < -0.4 is 5.32 Å². The maximum absolute atomic E-state index is 13.1. The Balaban J connectivity index is 2.28. The quantitative estimate of drug-likeness (QED) is 0.900. The third-order valence-corrected chi connectivity index (χ3v) is 3.71. The van der Waals surface area contributed by atoms with Crippen LogP contribution in [0.25, 0.3) is 10.6 Å². The van der Waals surface area contributed by atoms with Gasteiger partial charge in [0.05, 0.1) is 5.69 Å². The predicted molar refractivity (Wildman–Crippen MR) is 69.6 cm³/mol. The van der Waals surface area contributed by atoms with E-state index in [1.165, 1.54) is 17.0 Å². The molecule has 1 aromatic heterocycles. The van der Waals surface area contributed by atoms with Gasteiger partial charge in [-0.3, -0.25) is 0 Å². The Morgan fingerprint density at radius 3 is 2.94 bits per heavy atom. The van der Waals surface area contributed by atoms with Crippen LogP contribution in [0.5, 0.6) is 0 Å². The molecule has 0 radical (unpaired) electrons. The molecule has 4 heteroatoms. The number of hydrogen-bond donors (Lipinski definition) is 1. The van der Waals surface area contributed by atoms with Crippen molar-refractivity contribution in [1.29, 1.82) is 0 Å². The van der Waals surface area contributed by atoms with Gasteiger partial charge in [-0.2, -0.15) is 0 Å². The van der Waals surface area contributed by atoms with Gasteiger partial charge in [0.15, 0.2) is 0 Å². The lowest BCUT2D eigenvalue weighted by Crippen LogP contribution is -2.11. The molecule has 0 saturated carbocycles. The molecule has 90 valence electrons. The van der Waals surface area contributed by atoms with Crippen LogP contribution in [0, 0.1) is 12.7 Å². The van der Waals surface area contributed by atoms with Gasteiger partial charge in [-0.15, -0.1) is 11.3 Å². The molecule has 0 bridgehead atoms. The number of halogens is 1. The minimum absolute atomic E-state index is 0.219. The van der Waals surface area contributed by atoms with Crippen LogP contribution in [0.4, 0.5) is 4.39 Å². The third kappa shape index (κ3) is 2.90. The second kappa shape index (κ2) is 5.38. The largest absolute Gasteiger partial charge is 0.312 e. The highest BCUT2D eigenvalue weighted by Crippen LogP contribution is 2.28. The molecule has 1 aromatic carbocycles. The van der Waals surface area contributed by atoms with E-state index in [0.29, 0.717) is 0 Å². The van der Waals surface area contributed by atoms with E-state index in [1.807, 2.05) is 13.0 Å². The van der Waals surface area contributed by atoms with E-state index in [2.05, 4.69) is 17.2 Å². The summed E-state index contributed by atoms with van der Waals surface area (Å²) in [6, 6.07) is 6.57. The van der Waals surface area contributed by atoms with Gasteiger partial charge in [0.2, 0.25) is 0 Å². The van der Waals surface area contributed by atoms with E-state index in [-0.39, 0.29) is 5.82 Å². The Morgan fingerprint density at radius 1 is 1.41 bits per heavy atom. The Hall–Kier alpha value is -1.26. The molecule has 1 heterocycles. The average Bonchev–Trinajstić information content (AvgIpc) is 2.68. The normalized spacial score (nSPS) is 10.8. The number of aryl methyl sites for hydroxylation is 1. The highest BCUT2D eigenvalue weighted by Gasteiger charge is 2.09. The number of rotatable bonds is 4. The summed E-state index contributed by atoms with van der Waals surface area (Å²) in [5.41, 5.74) is 1.87. The molecule has 0 aliphatic rings. The molecule has 0 atom stereocenters. The van der Waals surface area contributed by atoms with Gasteiger partial charge >= 0.3 is 0 Å². The molecule has 0 aliphatic heterocycles. The van der Waals surface area contributed by atoms with Gasteiger partial charge in [-0.05, 0) is 25.6 Å². The van der Waals surface area contributed by atoms with E-state index in [9.17, 15) is 4.39 Å². The first-order valence-corrected chi connectivity index (χ1v) is 6.45. The second-order valence-corrected chi connectivity index (χ2v) is 4.90. The van der Waals surface area contributed by atoms with Crippen molar-refractivity contribution in [2.75, 3.05) is 6.54 Å². The van der Waals surface area contributed by atoms with E-state index in [0.717, 1.165) is 29.4 Å². The van der Waals surface area contributed by atoms with Crippen molar-refractivity contribution < 1.29 is 4.39 Å². The van der Waals surface area contributed by atoms with Crippen LogP contribution in [0.3, 0.4) is 0 Å². The third-order valence-electron chi connectivity index (χ3n) is 2.50. The van der Waals surface area contributed by atoms with Crippen LogP contribution in [0.1, 0.15) is 17.5 Å². The fourth-order valence-corrected chi connectivity index (χ4v) is 2.60. The maximum atomic E-state index is 13.1. The minimum atomic E-state index is -0.219. The average molecular weight is 250 g/mol. The molecule has 0 aliphatic carbocycles. The molecule has 1 N–H and O–H groups in total. The van der Waals surface area contributed by atoms with Crippen molar-refractivity contribution in [3.8, 4) is 10.6 Å². The standard InChI is InChI=1S/C13H15FN2S/c1-3-15-8-12-9(2)16-13(17-12)10-5-4-6-11(14)7-10/h4-7,15H,3,8H2,1-2H3. The summed E-state index contributed by atoms with van der Waals surface area (Å²) in [5.74, 6) is -0.219. The van der Waals surface area contributed by atoms with Gasteiger partial charge in [0.1, 0.15) is 10.8 Å². The summed E-state index contributed by atoms with van der Waals surface area (Å²) < 4.78 is 13.1. The first-order chi connectivity index (χ1) is 8.20. The number of nitrogens with one attached hydrogen (secondary N) is 1. The molecular formula is C13H15FN2S. The molecule has 0 amide bonds. The van der Waals surface area contributed by atoms with Gasteiger partial charge in [0.25, 0.3) is 0 Å². The monoisotopic (exact) mass is 250 g/mol. The summed E-state index contributed by atoms with van der Waals surface area (Å²) in [4.78, 5) is 5.70. The van der Waals surface area contributed by atoms with Crippen molar-refractivity contribution in [3.63, 3.8) is 0 Å². The first kappa shape index (κ1) is 12.2. The Labute approximate surface area is 105 Å². The number of thiazole rings is 1. The zero-order valence-corrected chi connectivity index (χ0v) is 10.8. The lowest BCUT2D eigenvalue weighted by atomic mass is 10.2. The van der Waals surface area contributed by atoms with Crippen molar-refractivity contribution in [1.82, 2.24) is 10.3 Å². The van der Waals surface area contributed by atoms with Crippen molar-refractivity contribution >= 4 is 11.3 Å². The van der Waals surface area contributed by atoms with Crippen molar-refractivity contribution in [3.05, 3.63) is 40.7 Å². The fourth-order valence-electron chi connectivity index (χ4n) is 1.58. The molecule has 0 fully saturated rings. The van der Waals surface area contributed by atoms with Gasteiger partial charge in [0, 0.05) is 17.0 Å². The van der Waals surface area contributed by atoms with Crippen LogP contribution in [0.15, 0.2) is 24.3 Å². The van der Waals surface area contributed by atoms with Crippen LogP contribution in [-0.4, -0.2) is 11.5 Å². The lowest BCUT2D eigenvalue weighted by molar-refractivity contribution is 0.628. The number of nitrogens with zero attached hydrogens (tertiary/aromatic N) is 1. The van der Waals surface area contributed by atoms with Crippen molar-refractivity contribution in [2.45, 2.75) is 20.4 Å². The van der Waals surface area contributed by atoms with Gasteiger partial charge < -0.3 is 5.32 Å². The summed E-state index contributed by atoms with van der Waals surface area (Å²) in [6.07, 6.45) is 0. The number of aromatic nitrogens is 1. The summed E-state index contributed by atoms with van der Waals surface area (Å²) in [5, 5.41) is 4.16. The molecule has 0 unspecified atom stereocenters. The molecule has 2 nitrogen and oxygen atoms in total. The summed E-state index contributed by atoms with van der Waals surface area (Å²) >= 11 is 1.62. The highest BCUT2D eigenvalue weighted by molar-refractivity contribution is 7.15. The molecule has 17 heavy (non-hydrogen) atoms. The van der Waals surface area contributed by atoms with Gasteiger partial charge in [-0.25, -0.2) is 9.37 Å². The lowest BCUT2D eigenvalue weighted by Gasteiger charge is -1.97. The molecule has 2 aromatic rings. The number of hydrogen-bond acceptors (Lipinski definition) is 3. The van der Waals surface area contributed by atoms with Crippen LogP contribution in [-0.2, 0) is 6.54 Å². The highest BCUT2D eigenvalue weighted by atomic mass is 32.1. The summed E-state index contributed by atoms with van der Waals surface area (Å²) in [7, 11) is 0. The number of benzene rings is 1. The smallest absolute Gasteiger partial charge is 0.124 e.